The number of amides is 1. The van der Waals surface area contributed by atoms with Crippen LogP contribution in [0, 0.1) is 0 Å². The molecule has 6 heteroatoms. The lowest BCUT2D eigenvalue weighted by Crippen LogP contribution is -2.10. The van der Waals surface area contributed by atoms with Gasteiger partial charge in [-0.25, -0.2) is 0 Å². The van der Waals surface area contributed by atoms with Crippen molar-refractivity contribution in [3.8, 4) is 28.7 Å². The quantitative estimate of drug-likeness (QED) is 0.224. The molecule has 0 radical (unpaired) electrons. The van der Waals surface area contributed by atoms with Crippen LogP contribution in [0.4, 0.5) is 11.4 Å². The highest BCUT2D eigenvalue weighted by Crippen LogP contribution is 2.28. The van der Waals surface area contributed by atoms with E-state index in [9.17, 15) is 4.79 Å². The first-order valence-electron chi connectivity index (χ1n) is 11.6. The summed E-state index contributed by atoms with van der Waals surface area (Å²) in [6, 6.07) is 32.1. The summed E-state index contributed by atoms with van der Waals surface area (Å²) in [5.74, 6) is 3.65. The van der Waals surface area contributed by atoms with E-state index in [2.05, 4.69) is 10.6 Å². The Balaban J connectivity index is 1.24. The molecular formula is C29H28N2O4. The van der Waals surface area contributed by atoms with Crippen LogP contribution < -0.4 is 24.8 Å². The largest absolute Gasteiger partial charge is 0.473 e. The molecule has 0 aliphatic heterocycles. The molecule has 0 unspecified atom stereocenters. The molecule has 0 aliphatic carbocycles. The molecule has 6 nitrogen and oxygen atoms in total. The smallest absolute Gasteiger partial charge is 0.224 e. The molecule has 0 fully saturated rings. The van der Waals surface area contributed by atoms with Crippen molar-refractivity contribution in [2.75, 3.05) is 17.4 Å². The van der Waals surface area contributed by atoms with Crippen LogP contribution in [0.25, 0.3) is 0 Å². The van der Waals surface area contributed by atoms with Crippen LogP contribution in [-0.4, -0.2) is 12.6 Å². The Morgan fingerprint density at radius 3 is 1.63 bits per heavy atom. The van der Waals surface area contributed by atoms with E-state index in [-0.39, 0.29) is 5.91 Å². The first kappa shape index (κ1) is 23.7. The van der Waals surface area contributed by atoms with Gasteiger partial charge in [0.15, 0.2) is 6.73 Å². The standard InChI is InChI=1S/C29H28N2O4/c1-2-6-29(32)31-23-11-15-26(16-12-23)35-28-19-17-27(18-20-28)34-25-13-9-22(10-14-25)30-21-33-24-7-4-3-5-8-24/h3-5,7-20,30H,2,6,21H2,1H3,(H,31,32). The fourth-order valence-electron chi connectivity index (χ4n) is 3.27. The lowest BCUT2D eigenvalue weighted by Gasteiger charge is -2.11. The van der Waals surface area contributed by atoms with Crippen molar-refractivity contribution >= 4 is 17.3 Å². The molecule has 4 aromatic rings. The minimum atomic E-state index is 0.0136. The second-order valence-electron chi connectivity index (χ2n) is 7.80. The molecule has 0 aromatic heterocycles. The zero-order valence-electron chi connectivity index (χ0n) is 19.6. The molecule has 1 amide bonds. The highest BCUT2D eigenvalue weighted by Gasteiger charge is 2.04. The number of anilines is 2. The zero-order valence-corrected chi connectivity index (χ0v) is 19.6. The van der Waals surface area contributed by atoms with Crippen molar-refractivity contribution in [3.63, 3.8) is 0 Å². The Bertz CT molecular complexity index is 1190. The van der Waals surface area contributed by atoms with Gasteiger partial charge in [-0.05, 0) is 91.3 Å². The van der Waals surface area contributed by atoms with E-state index in [4.69, 9.17) is 14.2 Å². The number of benzene rings is 4. The van der Waals surface area contributed by atoms with Crippen LogP contribution in [0.2, 0.25) is 0 Å². The fraction of sp³-hybridized carbons (Fsp3) is 0.138. The monoisotopic (exact) mass is 468 g/mol. The fourth-order valence-corrected chi connectivity index (χ4v) is 3.27. The average molecular weight is 469 g/mol. The molecule has 0 saturated carbocycles. The van der Waals surface area contributed by atoms with Crippen LogP contribution in [-0.2, 0) is 4.79 Å². The number of nitrogens with one attached hydrogen (secondary N) is 2. The zero-order chi connectivity index (χ0) is 24.3. The molecule has 0 heterocycles. The summed E-state index contributed by atoms with van der Waals surface area (Å²) in [6.07, 6.45) is 1.33. The first-order valence-corrected chi connectivity index (χ1v) is 11.6. The summed E-state index contributed by atoms with van der Waals surface area (Å²) in [5, 5.41) is 6.08. The molecule has 35 heavy (non-hydrogen) atoms. The molecule has 0 spiro atoms. The van der Waals surface area contributed by atoms with Gasteiger partial charge in [0.1, 0.15) is 28.7 Å². The Morgan fingerprint density at radius 2 is 1.11 bits per heavy atom. The Hall–Kier alpha value is -4.45. The van der Waals surface area contributed by atoms with E-state index in [1.54, 1.807) is 0 Å². The number of carbonyl (C=O) groups is 1. The van der Waals surface area contributed by atoms with Gasteiger partial charge in [0.2, 0.25) is 5.91 Å². The van der Waals surface area contributed by atoms with E-state index in [0.29, 0.717) is 30.4 Å². The van der Waals surface area contributed by atoms with Gasteiger partial charge in [0, 0.05) is 17.8 Å². The van der Waals surface area contributed by atoms with Crippen molar-refractivity contribution in [1.82, 2.24) is 0 Å². The van der Waals surface area contributed by atoms with Crippen molar-refractivity contribution in [1.29, 1.82) is 0 Å². The molecule has 0 bridgehead atoms. The van der Waals surface area contributed by atoms with E-state index in [1.165, 1.54) is 0 Å². The van der Waals surface area contributed by atoms with Crippen LogP contribution in [0.5, 0.6) is 28.7 Å². The third kappa shape index (κ3) is 7.54. The lowest BCUT2D eigenvalue weighted by molar-refractivity contribution is -0.116. The average Bonchev–Trinajstić information content (AvgIpc) is 2.88. The molecule has 0 saturated heterocycles. The normalized spacial score (nSPS) is 10.3. The number of rotatable bonds is 11. The highest BCUT2D eigenvalue weighted by atomic mass is 16.5. The maximum atomic E-state index is 11.7. The first-order chi connectivity index (χ1) is 17.2. The van der Waals surface area contributed by atoms with Gasteiger partial charge in [0.05, 0.1) is 0 Å². The van der Waals surface area contributed by atoms with Crippen molar-refractivity contribution in [3.05, 3.63) is 103 Å². The second-order valence-corrected chi connectivity index (χ2v) is 7.80. The summed E-state index contributed by atoms with van der Waals surface area (Å²) >= 11 is 0. The van der Waals surface area contributed by atoms with Crippen molar-refractivity contribution in [2.45, 2.75) is 19.8 Å². The SMILES string of the molecule is CCCC(=O)Nc1ccc(Oc2ccc(Oc3ccc(NCOc4ccccc4)cc3)cc2)cc1. The molecule has 2 N–H and O–H groups in total. The lowest BCUT2D eigenvalue weighted by atomic mass is 10.2. The van der Waals surface area contributed by atoms with Gasteiger partial charge in [-0.1, -0.05) is 25.1 Å². The maximum Gasteiger partial charge on any atom is 0.224 e. The number of ether oxygens (including phenoxy) is 3. The number of carbonyl (C=O) groups excluding carboxylic acids is 1. The maximum absolute atomic E-state index is 11.7. The van der Waals surface area contributed by atoms with Crippen LogP contribution >= 0.6 is 0 Å². The summed E-state index contributed by atoms with van der Waals surface area (Å²) < 4.78 is 17.5. The molecule has 0 aliphatic rings. The predicted molar refractivity (Wildman–Crippen MR) is 139 cm³/mol. The summed E-state index contributed by atoms with van der Waals surface area (Å²) in [6.45, 7) is 2.35. The van der Waals surface area contributed by atoms with E-state index in [1.807, 2.05) is 110 Å². The summed E-state index contributed by atoms with van der Waals surface area (Å²) in [7, 11) is 0. The third-order valence-corrected chi connectivity index (χ3v) is 5.02. The predicted octanol–water partition coefficient (Wildman–Crippen LogP) is 7.46. The third-order valence-electron chi connectivity index (χ3n) is 5.02. The highest BCUT2D eigenvalue weighted by molar-refractivity contribution is 5.90. The Morgan fingerprint density at radius 1 is 0.629 bits per heavy atom. The number of para-hydroxylation sites is 1. The van der Waals surface area contributed by atoms with E-state index < -0.39 is 0 Å². The van der Waals surface area contributed by atoms with Crippen LogP contribution in [0.3, 0.4) is 0 Å². The van der Waals surface area contributed by atoms with Gasteiger partial charge in [-0.3, -0.25) is 4.79 Å². The molecule has 0 atom stereocenters. The van der Waals surface area contributed by atoms with E-state index >= 15 is 0 Å². The minimum absolute atomic E-state index is 0.0136. The topological polar surface area (TPSA) is 68.8 Å². The summed E-state index contributed by atoms with van der Waals surface area (Å²) in [5.41, 5.74) is 1.69. The van der Waals surface area contributed by atoms with Gasteiger partial charge in [-0.2, -0.15) is 0 Å². The van der Waals surface area contributed by atoms with Crippen molar-refractivity contribution in [2.24, 2.45) is 0 Å². The Kier molecular flexibility index (Phi) is 8.22. The van der Waals surface area contributed by atoms with Gasteiger partial charge in [0.25, 0.3) is 0 Å². The molecule has 4 aromatic carbocycles. The van der Waals surface area contributed by atoms with Crippen LogP contribution in [0.15, 0.2) is 103 Å². The van der Waals surface area contributed by atoms with Gasteiger partial charge < -0.3 is 24.8 Å². The number of hydrogen-bond donors (Lipinski definition) is 2. The van der Waals surface area contributed by atoms with Crippen molar-refractivity contribution < 1.29 is 19.0 Å². The van der Waals surface area contributed by atoms with E-state index in [0.717, 1.165) is 29.3 Å². The van der Waals surface area contributed by atoms with Gasteiger partial charge >= 0.3 is 0 Å². The Labute approximate surface area is 205 Å². The molecule has 178 valence electrons. The van der Waals surface area contributed by atoms with Gasteiger partial charge in [-0.15, -0.1) is 0 Å². The molecular weight excluding hydrogens is 440 g/mol. The second kappa shape index (κ2) is 12.1. The minimum Gasteiger partial charge on any atom is -0.473 e. The molecule has 4 rings (SSSR count). The summed E-state index contributed by atoms with van der Waals surface area (Å²) in [4.78, 5) is 11.7. The van der Waals surface area contributed by atoms with Crippen LogP contribution in [0.1, 0.15) is 19.8 Å². The number of hydrogen-bond acceptors (Lipinski definition) is 5.